The normalized spacial score (nSPS) is 10.3. The zero-order valence-electron chi connectivity index (χ0n) is 16.0. The van der Waals surface area contributed by atoms with E-state index in [1.807, 2.05) is 6.92 Å². The summed E-state index contributed by atoms with van der Waals surface area (Å²) in [5.74, 6) is -1.25. The van der Waals surface area contributed by atoms with E-state index >= 15 is 0 Å². The molecule has 0 aliphatic heterocycles. The lowest BCUT2D eigenvalue weighted by molar-refractivity contribution is -0.146. The van der Waals surface area contributed by atoms with Crippen molar-refractivity contribution in [3.8, 4) is 0 Å². The molecule has 2 aromatic carbocycles. The van der Waals surface area contributed by atoms with E-state index in [1.165, 1.54) is 23.9 Å². The fraction of sp³-hybridized carbons (Fsp3) is 0.286. The minimum atomic E-state index is -0.497. The number of halogens is 1. The monoisotopic (exact) mass is 419 g/mol. The van der Waals surface area contributed by atoms with Gasteiger partial charge in [0, 0.05) is 16.3 Å². The van der Waals surface area contributed by atoms with Gasteiger partial charge in [-0.3, -0.25) is 9.59 Å². The molecule has 0 heterocycles. The summed E-state index contributed by atoms with van der Waals surface area (Å²) in [5.41, 5.74) is 0.867. The number of esters is 2. The lowest BCUT2D eigenvalue weighted by atomic mass is 10.2. The van der Waals surface area contributed by atoms with Gasteiger partial charge in [-0.25, -0.2) is 9.18 Å². The first-order valence-corrected chi connectivity index (χ1v) is 10.1. The molecule has 0 aliphatic carbocycles. The number of rotatable bonds is 10. The predicted octanol–water partition coefficient (Wildman–Crippen LogP) is 4.06. The zero-order chi connectivity index (χ0) is 21.1. The van der Waals surface area contributed by atoms with Crippen molar-refractivity contribution < 1.29 is 28.2 Å². The molecule has 2 aromatic rings. The van der Waals surface area contributed by atoms with Crippen molar-refractivity contribution in [3.63, 3.8) is 0 Å². The van der Waals surface area contributed by atoms with Gasteiger partial charge in [0.25, 0.3) is 5.91 Å². The highest BCUT2D eigenvalue weighted by atomic mass is 32.2. The van der Waals surface area contributed by atoms with Crippen LogP contribution in [-0.2, 0) is 19.1 Å². The van der Waals surface area contributed by atoms with Gasteiger partial charge >= 0.3 is 11.9 Å². The number of thioether (sulfide) groups is 1. The van der Waals surface area contributed by atoms with Crippen LogP contribution in [0.1, 0.15) is 30.1 Å². The number of hydrogen-bond acceptors (Lipinski definition) is 6. The molecule has 8 heteroatoms. The van der Waals surface area contributed by atoms with Crippen molar-refractivity contribution in [1.29, 1.82) is 0 Å². The van der Waals surface area contributed by atoms with Crippen molar-refractivity contribution in [3.05, 3.63) is 59.9 Å². The van der Waals surface area contributed by atoms with Crippen molar-refractivity contribution in [2.75, 3.05) is 24.3 Å². The van der Waals surface area contributed by atoms with E-state index in [0.29, 0.717) is 23.6 Å². The van der Waals surface area contributed by atoms with E-state index < -0.39 is 24.5 Å². The van der Waals surface area contributed by atoms with E-state index in [2.05, 4.69) is 5.32 Å². The van der Waals surface area contributed by atoms with Crippen LogP contribution < -0.4 is 5.32 Å². The Bertz CT molecular complexity index is 824. The molecule has 2 rings (SSSR count). The number of carbonyl (C=O) groups is 3. The summed E-state index contributed by atoms with van der Waals surface area (Å²) in [4.78, 5) is 36.2. The minimum absolute atomic E-state index is 0.129. The molecule has 0 spiro atoms. The number of anilines is 1. The maximum Gasteiger partial charge on any atom is 0.338 e. The Balaban J connectivity index is 1.67. The van der Waals surface area contributed by atoms with Crippen LogP contribution in [0.5, 0.6) is 0 Å². The highest BCUT2D eigenvalue weighted by Crippen LogP contribution is 2.19. The Morgan fingerprint density at radius 2 is 1.69 bits per heavy atom. The third-order valence-electron chi connectivity index (χ3n) is 3.59. The summed E-state index contributed by atoms with van der Waals surface area (Å²) in [5, 5.41) is 2.58. The van der Waals surface area contributed by atoms with Gasteiger partial charge in [0.2, 0.25) is 0 Å². The summed E-state index contributed by atoms with van der Waals surface area (Å²) in [6.45, 7) is 1.86. The fourth-order valence-electron chi connectivity index (χ4n) is 2.17. The van der Waals surface area contributed by atoms with E-state index in [0.717, 1.165) is 11.3 Å². The number of amides is 1. The smallest absolute Gasteiger partial charge is 0.338 e. The van der Waals surface area contributed by atoms with Crippen LogP contribution in [0.25, 0.3) is 0 Å². The fourth-order valence-corrected chi connectivity index (χ4v) is 3.00. The average Bonchev–Trinajstić information content (AvgIpc) is 2.72. The first-order chi connectivity index (χ1) is 14.0. The molecular formula is C21H22FNO5S. The van der Waals surface area contributed by atoms with Gasteiger partial charge in [-0.2, -0.15) is 0 Å². The Morgan fingerprint density at radius 1 is 1.00 bits per heavy atom. The number of ether oxygens (including phenoxy) is 2. The molecule has 0 aromatic heterocycles. The van der Waals surface area contributed by atoms with Crippen LogP contribution in [-0.4, -0.2) is 36.8 Å². The molecule has 0 aliphatic rings. The third kappa shape index (κ3) is 8.35. The molecule has 0 saturated heterocycles. The Hall–Kier alpha value is -2.87. The standard InChI is InChI=1S/C21H22FNO5S/c1-2-12-27-21(26)15-3-7-17(8-4-15)23-19(24)14-28-20(25)11-13-29-18-9-5-16(22)6-10-18/h3-10H,2,11-14H2,1H3,(H,23,24). The molecule has 154 valence electrons. The van der Waals surface area contributed by atoms with Crippen LogP contribution in [0, 0.1) is 5.82 Å². The maximum absolute atomic E-state index is 12.8. The Morgan fingerprint density at radius 3 is 2.34 bits per heavy atom. The molecule has 0 unspecified atom stereocenters. The summed E-state index contributed by atoms with van der Waals surface area (Å²) in [6.07, 6.45) is 0.868. The van der Waals surface area contributed by atoms with E-state index in [4.69, 9.17) is 9.47 Å². The zero-order valence-corrected chi connectivity index (χ0v) is 16.8. The van der Waals surface area contributed by atoms with Gasteiger partial charge in [0.1, 0.15) is 5.82 Å². The first-order valence-electron chi connectivity index (χ1n) is 9.09. The molecule has 0 bridgehead atoms. The number of carbonyl (C=O) groups excluding carboxylic acids is 3. The predicted molar refractivity (Wildman–Crippen MR) is 108 cm³/mol. The molecular weight excluding hydrogens is 397 g/mol. The minimum Gasteiger partial charge on any atom is -0.462 e. The van der Waals surface area contributed by atoms with Crippen LogP contribution in [0.4, 0.5) is 10.1 Å². The van der Waals surface area contributed by atoms with Crippen LogP contribution in [0.3, 0.4) is 0 Å². The summed E-state index contributed by atoms with van der Waals surface area (Å²) < 4.78 is 22.8. The highest BCUT2D eigenvalue weighted by molar-refractivity contribution is 7.99. The van der Waals surface area contributed by atoms with Crippen LogP contribution in [0.15, 0.2) is 53.4 Å². The van der Waals surface area contributed by atoms with Crippen molar-refractivity contribution in [1.82, 2.24) is 0 Å². The lowest BCUT2D eigenvalue weighted by Crippen LogP contribution is -2.21. The summed E-state index contributed by atoms with van der Waals surface area (Å²) >= 11 is 1.40. The number of benzene rings is 2. The average molecular weight is 419 g/mol. The Labute approximate surface area is 172 Å². The topological polar surface area (TPSA) is 81.7 Å². The number of nitrogens with one attached hydrogen (secondary N) is 1. The van der Waals surface area contributed by atoms with Crippen molar-refractivity contribution in [2.45, 2.75) is 24.7 Å². The van der Waals surface area contributed by atoms with E-state index in [1.54, 1.807) is 36.4 Å². The molecule has 29 heavy (non-hydrogen) atoms. The van der Waals surface area contributed by atoms with E-state index in [-0.39, 0.29) is 12.2 Å². The lowest BCUT2D eigenvalue weighted by Gasteiger charge is -2.08. The Kier molecular flexibility index (Phi) is 9.17. The second kappa shape index (κ2) is 11.9. The first kappa shape index (κ1) is 22.4. The molecule has 1 amide bonds. The molecule has 0 saturated carbocycles. The molecule has 1 N–H and O–H groups in total. The van der Waals surface area contributed by atoms with E-state index in [9.17, 15) is 18.8 Å². The van der Waals surface area contributed by atoms with Gasteiger partial charge < -0.3 is 14.8 Å². The quantitative estimate of drug-likeness (QED) is 0.462. The van der Waals surface area contributed by atoms with Crippen molar-refractivity contribution in [2.24, 2.45) is 0 Å². The van der Waals surface area contributed by atoms with Gasteiger partial charge in [-0.05, 0) is 55.0 Å². The van der Waals surface area contributed by atoms with Gasteiger partial charge in [0.15, 0.2) is 6.61 Å². The van der Waals surface area contributed by atoms with Crippen LogP contribution >= 0.6 is 11.8 Å². The second-order valence-electron chi connectivity index (χ2n) is 5.97. The largest absolute Gasteiger partial charge is 0.462 e. The molecule has 0 atom stereocenters. The van der Waals surface area contributed by atoms with Gasteiger partial charge in [-0.1, -0.05) is 6.92 Å². The third-order valence-corrected chi connectivity index (χ3v) is 4.61. The molecule has 0 radical (unpaired) electrons. The van der Waals surface area contributed by atoms with Gasteiger partial charge in [-0.15, -0.1) is 11.8 Å². The van der Waals surface area contributed by atoms with Gasteiger partial charge in [0.05, 0.1) is 18.6 Å². The second-order valence-corrected chi connectivity index (χ2v) is 7.14. The maximum atomic E-state index is 12.8. The molecule has 0 fully saturated rings. The van der Waals surface area contributed by atoms with Crippen molar-refractivity contribution >= 4 is 35.3 Å². The highest BCUT2D eigenvalue weighted by Gasteiger charge is 2.10. The van der Waals surface area contributed by atoms with Crippen LogP contribution in [0.2, 0.25) is 0 Å². The number of hydrogen-bond donors (Lipinski definition) is 1. The molecule has 6 nitrogen and oxygen atoms in total. The summed E-state index contributed by atoms with van der Waals surface area (Å²) in [6, 6.07) is 12.2. The SMILES string of the molecule is CCCOC(=O)c1ccc(NC(=O)COC(=O)CCSc2ccc(F)cc2)cc1. The summed E-state index contributed by atoms with van der Waals surface area (Å²) in [7, 11) is 0.